The first-order valence-electron chi connectivity index (χ1n) is 5.68. The van der Waals surface area contributed by atoms with Crippen LogP contribution in [0, 0.1) is 5.92 Å². The maximum atomic E-state index is 11.2. The number of benzene rings is 2. The first-order chi connectivity index (χ1) is 8.22. The van der Waals surface area contributed by atoms with Gasteiger partial charge in [0.15, 0.2) is 0 Å². The van der Waals surface area contributed by atoms with E-state index in [4.69, 9.17) is 11.5 Å². The Morgan fingerprint density at radius 3 is 2.53 bits per heavy atom. The van der Waals surface area contributed by atoms with Crippen molar-refractivity contribution in [1.29, 1.82) is 0 Å². The van der Waals surface area contributed by atoms with Crippen LogP contribution in [0.1, 0.15) is 5.56 Å². The Labute approximate surface area is 100 Å². The molecular formula is C14H16N2O. The maximum absolute atomic E-state index is 11.2. The summed E-state index contributed by atoms with van der Waals surface area (Å²) in [4.78, 5) is 11.2. The normalized spacial score (nSPS) is 12.5. The fraction of sp³-hybridized carbons (Fsp3) is 0.214. The molecule has 0 fully saturated rings. The molecule has 4 N–H and O–H groups in total. The molecule has 0 aromatic heterocycles. The van der Waals surface area contributed by atoms with E-state index in [-0.39, 0.29) is 11.8 Å². The van der Waals surface area contributed by atoms with Gasteiger partial charge in [-0.3, -0.25) is 4.79 Å². The summed E-state index contributed by atoms with van der Waals surface area (Å²) in [6.45, 7) is 0.290. The monoisotopic (exact) mass is 228 g/mol. The fourth-order valence-corrected chi connectivity index (χ4v) is 2.04. The van der Waals surface area contributed by atoms with Gasteiger partial charge in [-0.1, -0.05) is 42.5 Å². The molecule has 1 amide bonds. The smallest absolute Gasteiger partial charge is 0.222 e. The van der Waals surface area contributed by atoms with Gasteiger partial charge in [0.05, 0.1) is 5.92 Å². The Hall–Kier alpha value is -1.87. The van der Waals surface area contributed by atoms with Crippen molar-refractivity contribution in [2.45, 2.75) is 6.42 Å². The Bertz CT molecular complexity index is 531. The minimum atomic E-state index is -0.333. The van der Waals surface area contributed by atoms with E-state index in [1.54, 1.807) is 0 Å². The van der Waals surface area contributed by atoms with E-state index in [1.165, 1.54) is 5.39 Å². The number of primary amides is 1. The highest BCUT2D eigenvalue weighted by Gasteiger charge is 2.14. The molecule has 0 radical (unpaired) electrons. The molecule has 1 atom stereocenters. The summed E-state index contributed by atoms with van der Waals surface area (Å²) in [5, 5.41) is 2.33. The second kappa shape index (κ2) is 4.97. The molecule has 2 aromatic rings. The zero-order valence-electron chi connectivity index (χ0n) is 9.60. The first-order valence-corrected chi connectivity index (χ1v) is 5.68. The number of hydrogen-bond donors (Lipinski definition) is 2. The minimum Gasteiger partial charge on any atom is -0.369 e. The van der Waals surface area contributed by atoms with Gasteiger partial charge >= 0.3 is 0 Å². The number of carbonyl (C=O) groups is 1. The predicted molar refractivity (Wildman–Crippen MR) is 69.4 cm³/mol. The molecule has 0 aliphatic rings. The lowest BCUT2D eigenvalue weighted by Crippen LogP contribution is -2.31. The minimum absolute atomic E-state index is 0.290. The summed E-state index contributed by atoms with van der Waals surface area (Å²) in [5.41, 5.74) is 12.0. The van der Waals surface area contributed by atoms with Crippen LogP contribution in [-0.2, 0) is 11.2 Å². The van der Waals surface area contributed by atoms with E-state index >= 15 is 0 Å². The van der Waals surface area contributed by atoms with Crippen LogP contribution in [0.15, 0.2) is 42.5 Å². The van der Waals surface area contributed by atoms with Crippen LogP contribution >= 0.6 is 0 Å². The quantitative estimate of drug-likeness (QED) is 0.831. The number of rotatable bonds is 4. The third-order valence-electron chi connectivity index (χ3n) is 3.03. The first kappa shape index (κ1) is 11.6. The summed E-state index contributed by atoms with van der Waals surface area (Å²) in [6.07, 6.45) is 0.604. The zero-order chi connectivity index (χ0) is 12.3. The maximum Gasteiger partial charge on any atom is 0.222 e. The summed E-state index contributed by atoms with van der Waals surface area (Å²) in [5.74, 6) is -0.624. The molecule has 3 heteroatoms. The fourth-order valence-electron chi connectivity index (χ4n) is 2.04. The van der Waals surface area contributed by atoms with E-state index in [0.717, 1.165) is 10.9 Å². The van der Waals surface area contributed by atoms with Crippen LogP contribution in [-0.4, -0.2) is 12.5 Å². The molecule has 0 saturated heterocycles. The molecule has 3 nitrogen and oxygen atoms in total. The lowest BCUT2D eigenvalue weighted by Gasteiger charge is -2.12. The molecule has 0 spiro atoms. The Morgan fingerprint density at radius 1 is 1.12 bits per heavy atom. The van der Waals surface area contributed by atoms with Gasteiger partial charge in [-0.25, -0.2) is 0 Å². The average molecular weight is 228 g/mol. The number of hydrogen-bond acceptors (Lipinski definition) is 2. The molecule has 17 heavy (non-hydrogen) atoms. The van der Waals surface area contributed by atoms with Crippen molar-refractivity contribution in [1.82, 2.24) is 0 Å². The summed E-state index contributed by atoms with van der Waals surface area (Å²) in [7, 11) is 0. The van der Waals surface area contributed by atoms with Crippen LogP contribution in [0.2, 0.25) is 0 Å². The second-order valence-electron chi connectivity index (χ2n) is 4.18. The van der Waals surface area contributed by atoms with Crippen molar-refractivity contribution < 1.29 is 4.79 Å². The van der Waals surface area contributed by atoms with Gasteiger partial charge in [-0.2, -0.15) is 0 Å². The highest BCUT2D eigenvalue weighted by molar-refractivity contribution is 5.86. The van der Waals surface area contributed by atoms with Gasteiger partial charge in [-0.05, 0) is 22.8 Å². The van der Waals surface area contributed by atoms with E-state index in [2.05, 4.69) is 18.2 Å². The van der Waals surface area contributed by atoms with Gasteiger partial charge in [0.25, 0.3) is 0 Å². The van der Waals surface area contributed by atoms with Crippen LogP contribution in [0.25, 0.3) is 10.8 Å². The van der Waals surface area contributed by atoms with Gasteiger partial charge in [-0.15, -0.1) is 0 Å². The average Bonchev–Trinajstić information content (AvgIpc) is 2.35. The Balaban J connectivity index is 2.38. The van der Waals surface area contributed by atoms with Crippen LogP contribution in [0.4, 0.5) is 0 Å². The van der Waals surface area contributed by atoms with Crippen molar-refractivity contribution in [3.63, 3.8) is 0 Å². The molecule has 2 aromatic carbocycles. The molecule has 0 bridgehead atoms. The van der Waals surface area contributed by atoms with Crippen molar-refractivity contribution in [3.8, 4) is 0 Å². The number of fused-ring (bicyclic) bond motifs is 1. The van der Waals surface area contributed by atoms with Gasteiger partial charge < -0.3 is 11.5 Å². The van der Waals surface area contributed by atoms with Gasteiger partial charge in [0.2, 0.25) is 5.91 Å². The highest BCUT2D eigenvalue weighted by Crippen LogP contribution is 2.20. The second-order valence-corrected chi connectivity index (χ2v) is 4.18. The van der Waals surface area contributed by atoms with E-state index < -0.39 is 0 Å². The van der Waals surface area contributed by atoms with Crippen molar-refractivity contribution in [3.05, 3.63) is 48.0 Å². The molecule has 0 aliphatic heterocycles. The van der Waals surface area contributed by atoms with Crippen LogP contribution in [0.5, 0.6) is 0 Å². The SMILES string of the molecule is NCC(Cc1cccc2ccccc12)C(N)=O. The molecule has 0 saturated carbocycles. The summed E-state index contributed by atoms with van der Waals surface area (Å²) < 4.78 is 0. The molecule has 2 rings (SSSR count). The highest BCUT2D eigenvalue weighted by atomic mass is 16.1. The largest absolute Gasteiger partial charge is 0.369 e. The van der Waals surface area contributed by atoms with Crippen LogP contribution in [0.3, 0.4) is 0 Å². The summed E-state index contributed by atoms with van der Waals surface area (Å²) in [6, 6.07) is 14.2. The molecule has 0 aliphatic carbocycles. The van der Waals surface area contributed by atoms with E-state index in [1.807, 2.05) is 24.3 Å². The van der Waals surface area contributed by atoms with Crippen molar-refractivity contribution in [2.24, 2.45) is 17.4 Å². The molecule has 88 valence electrons. The molecule has 1 unspecified atom stereocenters. The lowest BCUT2D eigenvalue weighted by molar-refractivity contribution is -0.121. The number of amides is 1. The van der Waals surface area contributed by atoms with Crippen LogP contribution < -0.4 is 11.5 Å². The Kier molecular flexibility index (Phi) is 3.40. The number of nitrogens with two attached hydrogens (primary N) is 2. The Morgan fingerprint density at radius 2 is 1.82 bits per heavy atom. The van der Waals surface area contributed by atoms with Crippen molar-refractivity contribution in [2.75, 3.05) is 6.54 Å². The predicted octanol–water partition coefficient (Wildman–Crippen LogP) is 1.44. The third kappa shape index (κ3) is 2.45. The van der Waals surface area contributed by atoms with Gasteiger partial charge in [0.1, 0.15) is 0 Å². The van der Waals surface area contributed by atoms with E-state index in [0.29, 0.717) is 13.0 Å². The molecule has 0 heterocycles. The zero-order valence-corrected chi connectivity index (χ0v) is 9.60. The van der Waals surface area contributed by atoms with Crippen molar-refractivity contribution >= 4 is 16.7 Å². The standard InChI is InChI=1S/C14H16N2O/c15-9-12(14(16)17)8-11-6-3-5-10-4-1-2-7-13(10)11/h1-7,12H,8-9,15H2,(H2,16,17). The topological polar surface area (TPSA) is 69.1 Å². The third-order valence-corrected chi connectivity index (χ3v) is 3.03. The van der Waals surface area contributed by atoms with Gasteiger partial charge in [0, 0.05) is 6.54 Å². The lowest BCUT2D eigenvalue weighted by atomic mass is 9.94. The summed E-state index contributed by atoms with van der Waals surface area (Å²) >= 11 is 0. The number of carbonyl (C=O) groups excluding carboxylic acids is 1. The molecular weight excluding hydrogens is 212 g/mol. The van der Waals surface area contributed by atoms with E-state index in [9.17, 15) is 4.79 Å².